The fraction of sp³-hybridized carbons (Fsp3) is 0.600. The molecular weight excluding hydrogens is 240 g/mol. The molecule has 1 aromatic carbocycles. The van der Waals surface area contributed by atoms with Gasteiger partial charge in [-0.2, -0.15) is 0 Å². The van der Waals surface area contributed by atoms with E-state index in [0.717, 1.165) is 30.2 Å². The second kappa shape index (κ2) is 6.66. The average molecular weight is 266 g/mol. The quantitative estimate of drug-likeness (QED) is 0.824. The molecule has 0 spiro atoms. The number of nitrogens with two attached hydrogens (primary N) is 1. The number of hydrogen-bond donors (Lipinski definition) is 1. The third-order valence-electron chi connectivity index (χ3n) is 3.47. The molecule has 19 heavy (non-hydrogen) atoms. The van der Waals surface area contributed by atoms with Crippen molar-refractivity contribution in [1.29, 1.82) is 0 Å². The Morgan fingerprint density at radius 1 is 1.21 bits per heavy atom. The molecule has 0 atom stereocenters. The Balaban J connectivity index is 2.82. The molecule has 0 unspecified atom stereocenters. The molecule has 0 fully saturated rings. The van der Waals surface area contributed by atoms with Crippen molar-refractivity contribution in [2.24, 2.45) is 11.1 Å². The van der Waals surface area contributed by atoms with Crippen LogP contribution in [0.25, 0.3) is 0 Å². The van der Waals surface area contributed by atoms with Crippen LogP contribution in [0.1, 0.15) is 20.3 Å². The summed E-state index contributed by atoms with van der Waals surface area (Å²) in [5.41, 5.74) is 6.96. The van der Waals surface area contributed by atoms with Gasteiger partial charge in [-0.3, -0.25) is 0 Å². The van der Waals surface area contributed by atoms with Crippen LogP contribution in [0.3, 0.4) is 0 Å². The van der Waals surface area contributed by atoms with Crippen LogP contribution in [0.15, 0.2) is 18.2 Å². The number of nitrogens with zero attached hydrogens (tertiary/aromatic N) is 1. The van der Waals surface area contributed by atoms with Gasteiger partial charge < -0.3 is 20.1 Å². The van der Waals surface area contributed by atoms with E-state index in [4.69, 9.17) is 15.2 Å². The summed E-state index contributed by atoms with van der Waals surface area (Å²) in [6.07, 6.45) is 1.03. The van der Waals surface area contributed by atoms with E-state index in [0.29, 0.717) is 6.54 Å². The molecule has 2 N–H and O–H groups in total. The van der Waals surface area contributed by atoms with E-state index in [-0.39, 0.29) is 5.41 Å². The van der Waals surface area contributed by atoms with Gasteiger partial charge in [0.05, 0.1) is 19.9 Å². The van der Waals surface area contributed by atoms with E-state index in [1.165, 1.54) is 0 Å². The Morgan fingerprint density at radius 3 is 2.42 bits per heavy atom. The van der Waals surface area contributed by atoms with Gasteiger partial charge in [0, 0.05) is 19.7 Å². The number of ether oxygens (including phenoxy) is 2. The minimum atomic E-state index is 0.153. The van der Waals surface area contributed by atoms with Crippen LogP contribution in [0.2, 0.25) is 0 Å². The van der Waals surface area contributed by atoms with Crippen molar-refractivity contribution in [1.82, 2.24) is 0 Å². The van der Waals surface area contributed by atoms with Crippen molar-refractivity contribution < 1.29 is 9.47 Å². The molecule has 0 saturated heterocycles. The lowest BCUT2D eigenvalue weighted by atomic mass is 9.89. The molecule has 1 rings (SSSR count). The van der Waals surface area contributed by atoms with E-state index in [1.807, 2.05) is 18.2 Å². The Morgan fingerprint density at radius 2 is 1.89 bits per heavy atom. The van der Waals surface area contributed by atoms with Crippen molar-refractivity contribution >= 4 is 5.69 Å². The number of benzene rings is 1. The van der Waals surface area contributed by atoms with Crippen molar-refractivity contribution in [3.05, 3.63) is 18.2 Å². The van der Waals surface area contributed by atoms with E-state index in [2.05, 4.69) is 25.8 Å². The molecule has 108 valence electrons. The Hall–Kier alpha value is -1.42. The maximum absolute atomic E-state index is 5.77. The highest BCUT2D eigenvalue weighted by Crippen LogP contribution is 2.32. The highest BCUT2D eigenvalue weighted by Gasteiger charge is 2.17. The maximum atomic E-state index is 5.77. The lowest BCUT2D eigenvalue weighted by molar-refractivity contribution is 0.350. The monoisotopic (exact) mass is 266 g/mol. The summed E-state index contributed by atoms with van der Waals surface area (Å²) in [5, 5.41) is 0. The SMILES string of the molecule is COc1ccc(OC)c(N(C)CCC(C)(C)CN)c1. The molecule has 4 nitrogen and oxygen atoms in total. The molecule has 0 aliphatic carbocycles. The molecule has 4 heteroatoms. The Bertz CT molecular complexity index is 405. The first-order valence-corrected chi connectivity index (χ1v) is 6.57. The minimum Gasteiger partial charge on any atom is -0.497 e. The van der Waals surface area contributed by atoms with Crippen LogP contribution < -0.4 is 20.1 Å². The first kappa shape index (κ1) is 15.6. The first-order chi connectivity index (χ1) is 8.93. The lowest BCUT2D eigenvalue weighted by Gasteiger charge is -2.28. The van der Waals surface area contributed by atoms with Crippen LogP contribution >= 0.6 is 0 Å². The molecular formula is C15H26N2O2. The molecule has 0 aliphatic rings. The highest BCUT2D eigenvalue weighted by molar-refractivity contribution is 5.61. The molecule has 0 heterocycles. The first-order valence-electron chi connectivity index (χ1n) is 6.57. The lowest BCUT2D eigenvalue weighted by Crippen LogP contribution is -2.29. The largest absolute Gasteiger partial charge is 0.497 e. The molecule has 0 saturated carbocycles. The van der Waals surface area contributed by atoms with Gasteiger partial charge in [0.25, 0.3) is 0 Å². The van der Waals surface area contributed by atoms with Crippen LogP contribution in [0.5, 0.6) is 11.5 Å². The van der Waals surface area contributed by atoms with Gasteiger partial charge in [0.2, 0.25) is 0 Å². The molecule has 0 radical (unpaired) electrons. The molecule has 0 aromatic heterocycles. The Kier molecular flexibility index (Phi) is 5.48. The van der Waals surface area contributed by atoms with Gasteiger partial charge in [-0.25, -0.2) is 0 Å². The van der Waals surface area contributed by atoms with Crippen LogP contribution in [0, 0.1) is 5.41 Å². The van der Waals surface area contributed by atoms with Crippen LogP contribution in [0.4, 0.5) is 5.69 Å². The minimum absolute atomic E-state index is 0.153. The summed E-state index contributed by atoms with van der Waals surface area (Å²) in [5.74, 6) is 1.69. The predicted molar refractivity (Wildman–Crippen MR) is 80.3 cm³/mol. The standard InChI is InChI=1S/C15H26N2O2/c1-15(2,11-16)8-9-17(3)13-10-12(18-4)6-7-14(13)19-5/h6-7,10H,8-9,11,16H2,1-5H3. The van der Waals surface area contributed by atoms with Gasteiger partial charge in [-0.15, -0.1) is 0 Å². The van der Waals surface area contributed by atoms with E-state index in [9.17, 15) is 0 Å². The van der Waals surface area contributed by atoms with Crippen molar-refractivity contribution in [2.45, 2.75) is 20.3 Å². The smallest absolute Gasteiger partial charge is 0.142 e. The van der Waals surface area contributed by atoms with Gasteiger partial charge >= 0.3 is 0 Å². The average Bonchev–Trinajstić information content (AvgIpc) is 2.44. The second-order valence-corrected chi connectivity index (χ2v) is 5.58. The number of anilines is 1. The fourth-order valence-electron chi connectivity index (χ4n) is 1.79. The third kappa shape index (κ3) is 4.31. The van der Waals surface area contributed by atoms with Crippen molar-refractivity contribution in [3.8, 4) is 11.5 Å². The van der Waals surface area contributed by atoms with Crippen molar-refractivity contribution in [2.75, 3.05) is 39.3 Å². The summed E-state index contributed by atoms with van der Waals surface area (Å²) in [6, 6.07) is 5.83. The van der Waals surface area contributed by atoms with E-state index in [1.54, 1.807) is 14.2 Å². The van der Waals surface area contributed by atoms with Crippen LogP contribution in [-0.4, -0.2) is 34.4 Å². The molecule has 1 aromatic rings. The maximum Gasteiger partial charge on any atom is 0.142 e. The zero-order valence-electron chi connectivity index (χ0n) is 12.7. The number of hydrogen-bond acceptors (Lipinski definition) is 4. The second-order valence-electron chi connectivity index (χ2n) is 5.58. The van der Waals surface area contributed by atoms with Gasteiger partial charge in [-0.05, 0) is 30.5 Å². The normalized spacial score (nSPS) is 11.3. The summed E-state index contributed by atoms with van der Waals surface area (Å²) >= 11 is 0. The third-order valence-corrected chi connectivity index (χ3v) is 3.47. The molecule has 0 amide bonds. The summed E-state index contributed by atoms with van der Waals surface area (Å²) in [7, 11) is 5.41. The summed E-state index contributed by atoms with van der Waals surface area (Å²) in [6.45, 7) is 5.98. The molecule has 0 aliphatic heterocycles. The fourth-order valence-corrected chi connectivity index (χ4v) is 1.79. The Labute approximate surface area is 116 Å². The predicted octanol–water partition coefficient (Wildman–Crippen LogP) is 2.52. The van der Waals surface area contributed by atoms with Gasteiger partial charge in [0.1, 0.15) is 11.5 Å². The summed E-state index contributed by atoms with van der Waals surface area (Å²) < 4.78 is 10.7. The zero-order valence-corrected chi connectivity index (χ0v) is 12.7. The zero-order chi connectivity index (χ0) is 14.5. The highest BCUT2D eigenvalue weighted by atomic mass is 16.5. The topological polar surface area (TPSA) is 47.7 Å². The number of rotatable bonds is 7. The van der Waals surface area contributed by atoms with Crippen molar-refractivity contribution in [3.63, 3.8) is 0 Å². The molecule has 0 bridgehead atoms. The summed E-state index contributed by atoms with van der Waals surface area (Å²) in [4.78, 5) is 2.18. The van der Waals surface area contributed by atoms with E-state index < -0.39 is 0 Å². The van der Waals surface area contributed by atoms with Gasteiger partial charge in [0.15, 0.2) is 0 Å². The van der Waals surface area contributed by atoms with Gasteiger partial charge in [-0.1, -0.05) is 13.8 Å². The number of methoxy groups -OCH3 is 2. The van der Waals surface area contributed by atoms with Crippen LogP contribution in [-0.2, 0) is 0 Å². The van der Waals surface area contributed by atoms with E-state index >= 15 is 0 Å².